The van der Waals surface area contributed by atoms with E-state index in [4.69, 9.17) is 4.74 Å². The summed E-state index contributed by atoms with van der Waals surface area (Å²) < 4.78 is 5.71. The van der Waals surface area contributed by atoms with Crippen molar-refractivity contribution in [2.75, 3.05) is 5.32 Å². The highest BCUT2D eigenvalue weighted by molar-refractivity contribution is 7.14. The van der Waals surface area contributed by atoms with Gasteiger partial charge in [0.1, 0.15) is 17.3 Å². The molecule has 0 saturated heterocycles. The minimum Gasteiger partial charge on any atom is -0.489 e. The Bertz CT molecular complexity index is 811. The molecule has 3 aromatic heterocycles. The highest BCUT2D eigenvalue weighted by Gasteiger charge is 2.23. The average Bonchev–Trinajstić information content (AvgIpc) is 3.26. The van der Waals surface area contributed by atoms with Crippen LogP contribution in [0.3, 0.4) is 0 Å². The number of aromatic nitrogens is 3. The zero-order chi connectivity index (χ0) is 15.6. The van der Waals surface area contributed by atoms with Gasteiger partial charge in [-0.1, -0.05) is 6.07 Å². The van der Waals surface area contributed by atoms with E-state index in [1.807, 2.05) is 36.6 Å². The van der Waals surface area contributed by atoms with Crippen LogP contribution < -0.4 is 10.1 Å². The molecule has 0 unspecified atom stereocenters. The van der Waals surface area contributed by atoms with Crippen molar-refractivity contribution in [2.45, 2.75) is 25.9 Å². The van der Waals surface area contributed by atoms with E-state index in [1.165, 1.54) is 11.3 Å². The topological polar surface area (TPSA) is 59.9 Å². The number of nitrogens with zero attached hydrogens (tertiary/aromatic N) is 3. The summed E-state index contributed by atoms with van der Waals surface area (Å²) >= 11 is 1.54. The third-order valence-electron chi connectivity index (χ3n) is 3.56. The monoisotopic (exact) mass is 324 g/mol. The van der Waals surface area contributed by atoms with E-state index >= 15 is 0 Å². The van der Waals surface area contributed by atoms with Gasteiger partial charge in [-0.15, -0.1) is 11.3 Å². The fourth-order valence-corrected chi connectivity index (χ4v) is 2.85. The second kappa shape index (κ2) is 5.96. The highest BCUT2D eigenvalue weighted by atomic mass is 32.1. The van der Waals surface area contributed by atoms with Crippen LogP contribution >= 0.6 is 11.3 Å². The molecule has 1 saturated carbocycles. The van der Waals surface area contributed by atoms with Crippen LogP contribution in [0.2, 0.25) is 0 Å². The molecule has 0 amide bonds. The van der Waals surface area contributed by atoms with Crippen molar-refractivity contribution in [3.05, 3.63) is 47.6 Å². The summed E-state index contributed by atoms with van der Waals surface area (Å²) in [6.45, 7) is 2.02. The Kier molecular flexibility index (Phi) is 3.67. The average molecular weight is 324 g/mol. The number of thiazole rings is 1. The summed E-state index contributed by atoms with van der Waals surface area (Å²) in [6, 6.07) is 7.84. The maximum Gasteiger partial charge on any atom is 0.188 e. The van der Waals surface area contributed by atoms with Crippen molar-refractivity contribution in [1.29, 1.82) is 0 Å². The van der Waals surface area contributed by atoms with Gasteiger partial charge in [0.25, 0.3) is 0 Å². The molecule has 0 aromatic carbocycles. The third-order valence-corrected chi connectivity index (χ3v) is 4.32. The van der Waals surface area contributed by atoms with E-state index in [0.717, 1.165) is 46.5 Å². The summed E-state index contributed by atoms with van der Waals surface area (Å²) in [6.07, 6.45) is 6.22. The SMILES string of the molecule is Cc1cccnc1Nc1nc(-c2ccc(OC3CC3)cn2)cs1. The Balaban J connectivity index is 1.49. The number of hydrogen-bond donors (Lipinski definition) is 1. The zero-order valence-electron chi connectivity index (χ0n) is 12.7. The zero-order valence-corrected chi connectivity index (χ0v) is 13.5. The summed E-state index contributed by atoms with van der Waals surface area (Å²) in [5.41, 5.74) is 2.78. The standard InChI is InChI=1S/C17H16N4OS/c1-11-3-2-8-18-16(11)21-17-20-15(10-23-17)14-7-6-13(9-19-14)22-12-4-5-12/h2-3,6-10,12H,4-5H2,1H3,(H,18,20,21). The molecule has 3 aromatic rings. The van der Waals surface area contributed by atoms with Gasteiger partial charge in [0.15, 0.2) is 5.13 Å². The number of nitrogens with one attached hydrogen (secondary N) is 1. The van der Waals surface area contributed by atoms with Gasteiger partial charge in [-0.05, 0) is 43.5 Å². The Morgan fingerprint density at radius 2 is 2.09 bits per heavy atom. The molecule has 0 atom stereocenters. The van der Waals surface area contributed by atoms with Crippen LogP contribution in [-0.2, 0) is 0 Å². The van der Waals surface area contributed by atoms with Crippen molar-refractivity contribution < 1.29 is 4.74 Å². The maximum atomic E-state index is 5.71. The number of pyridine rings is 2. The summed E-state index contributed by atoms with van der Waals surface area (Å²) in [7, 11) is 0. The number of aryl methyl sites for hydroxylation is 1. The van der Waals surface area contributed by atoms with E-state index in [-0.39, 0.29) is 0 Å². The van der Waals surface area contributed by atoms with Crippen molar-refractivity contribution in [2.24, 2.45) is 0 Å². The van der Waals surface area contributed by atoms with Gasteiger partial charge in [-0.2, -0.15) is 0 Å². The molecule has 4 rings (SSSR count). The van der Waals surface area contributed by atoms with Gasteiger partial charge in [0, 0.05) is 11.6 Å². The summed E-state index contributed by atoms with van der Waals surface area (Å²) in [5.74, 6) is 1.66. The van der Waals surface area contributed by atoms with Crippen molar-refractivity contribution >= 4 is 22.3 Å². The molecule has 23 heavy (non-hydrogen) atoms. The van der Waals surface area contributed by atoms with Crippen molar-refractivity contribution in [1.82, 2.24) is 15.0 Å². The fraction of sp³-hybridized carbons (Fsp3) is 0.235. The quantitative estimate of drug-likeness (QED) is 0.762. The Labute approximate surface area is 138 Å². The molecule has 0 aliphatic heterocycles. The molecule has 1 aliphatic carbocycles. The van der Waals surface area contributed by atoms with Crippen LogP contribution in [0.1, 0.15) is 18.4 Å². The third kappa shape index (κ3) is 3.32. The predicted molar refractivity (Wildman–Crippen MR) is 91.3 cm³/mol. The normalized spacial score (nSPS) is 13.8. The van der Waals surface area contributed by atoms with Gasteiger partial charge >= 0.3 is 0 Å². The Morgan fingerprint density at radius 1 is 1.17 bits per heavy atom. The van der Waals surface area contributed by atoms with Crippen LogP contribution in [0.4, 0.5) is 10.9 Å². The van der Waals surface area contributed by atoms with Gasteiger partial charge < -0.3 is 10.1 Å². The second-order valence-corrected chi connectivity index (χ2v) is 6.39. The first kappa shape index (κ1) is 14.1. The first-order valence-corrected chi connectivity index (χ1v) is 8.43. The van der Waals surface area contributed by atoms with Gasteiger partial charge in [0.05, 0.1) is 18.0 Å². The van der Waals surface area contributed by atoms with E-state index in [1.54, 1.807) is 12.4 Å². The largest absolute Gasteiger partial charge is 0.489 e. The van der Waals surface area contributed by atoms with Crippen molar-refractivity contribution in [3.8, 4) is 17.1 Å². The number of rotatable bonds is 5. The first-order chi connectivity index (χ1) is 11.3. The van der Waals surface area contributed by atoms with Gasteiger partial charge in [-0.3, -0.25) is 4.98 Å². The lowest BCUT2D eigenvalue weighted by molar-refractivity contribution is 0.302. The molecule has 0 spiro atoms. The molecule has 1 fully saturated rings. The van der Waals surface area contributed by atoms with E-state index in [9.17, 15) is 0 Å². The number of hydrogen-bond acceptors (Lipinski definition) is 6. The fourth-order valence-electron chi connectivity index (χ4n) is 2.15. The molecule has 1 aliphatic rings. The molecular formula is C17H16N4OS. The minimum atomic E-state index is 0.388. The van der Waals surface area contributed by atoms with Crippen LogP contribution in [-0.4, -0.2) is 21.1 Å². The van der Waals surface area contributed by atoms with E-state index in [2.05, 4.69) is 20.3 Å². The number of anilines is 2. The summed E-state index contributed by atoms with van der Waals surface area (Å²) in [5, 5.41) is 6.05. The molecule has 5 nitrogen and oxygen atoms in total. The molecular weight excluding hydrogens is 308 g/mol. The Morgan fingerprint density at radius 3 is 2.83 bits per heavy atom. The number of ether oxygens (including phenoxy) is 1. The smallest absolute Gasteiger partial charge is 0.188 e. The van der Waals surface area contributed by atoms with Crippen LogP contribution in [0.5, 0.6) is 5.75 Å². The lowest BCUT2D eigenvalue weighted by Gasteiger charge is -2.04. The molecule has 0 radical (unpaired) electrons. The molecule has 116 valence electrons. The molecule has 0 bridgehead atoms. The lowest BCUT2D eigenvalue weighted by atomic mass is 10.3. The Hall–Kier alpha value is -2.47. The second-order valence-electron chi connectivity index (χ2n) is 5.53. The molecule has 3 heterocycles. The van der Waals surface area contributed by atoms with Crippen molar-refractivity contribution in [3.63, 3.8) is 0 Å². The minimum absolute atomic E-state index is 0.388. The van der Waals surface area contributed by atoms with E-state index in [0.29, 0.717) is 6.10 Å². The predicted octanol–water partition coefficient (Wildman–Crippen LogP) is 4.19. The first-order valence-electron chi connectivity index (χ1n) is 7.55. The van der Waals surface area contributed by atoms with E-state index < -0.39 is 0 Å². The summed E-state index contributed by atoms with van der Waals surface area (Å²) in [4.78, 5) is 13.4. The maximum absolute atomic E-state index is 5.71. The molecule has 6 heteroatoms. The van der Waals surface area contributed by atoms with Crippen LogP contribution in [0.15, 0.2) is 42.0 Å². The van der Waals surface area contributed by atoms with Crippen LogP contribution in [0, 0.1) is 6.92 Å². The van der Waals surface area contributed by atoms with Gasteiger partial charge in [0.2, 0.25) is 0 Å². The molecule has 1 N–H and O–H groups in total. The lowest BCUT2D eigenvalue weighted by Crippen LogP contribution is -1.97. The van der Waals surface area contributed by atoms with Crippen LogP contribution in [0.25, 0.3) is 11.4 Å². The van der Waals surface area contributed by atoms with Gasteiger partial charge in [-0.25, -0.2) is 9.97 Å². The highest BCUT2D eigenvalue weighted by Crippen LogP contribution is 2.29.